The fourth-order valence-corrected chi connectivity index (χ4v) is 6.07. The second-order valence-corrected chi connectivity index (χ2v) is 10.6. The first kappa shape index (κ1) is 19.2. The van der Waals surface area contributed by atoms with Crippen LogP contribution in [-0.4, -0.2) is 25.3 Å². The highest BCUT2D eigenvalue weighted by atomic mass is 32.2. The Bertz CT molecular complexity index is 881. The van der Waals surface area contributed by atoms with Gasteiger partial charge in [-0.2, -0.15) is 4.72 Å². The summed E-state index contributed by atoms with van der Waals surface area (Å²) in [6, 6.07) is 10.2. The molecule has 9 heteroatoms. The van der Waals surface area contributed by atoms with Gasteiger partial charge in [-0.3, -0.25) is 4.79 Å². The highest BCUT2D eigenvalue weighted by Gasteiger charge is 2.27. The molecule has 0 fully saturated rings. The minimum absolute atomic E-state index is 0.209. The van der Waals surface area contributed by atoms with Crippen molar-refractivity contribution in [3.63, 3.8) is 0 Å². The van der Waals surface area contributed by atoms with Gasteiger partial charge in [0, 0.05) is 9.75 Å². The van der Waals surface area contributed by atoms with Gasteiger partial charge in [-0.25, -0.2) is 8.42 Å². The van der Waals surface area contributed by atoms with Crippen molar-refractivity contribution in [1.29, 1.82) is 0 Å². The van der Waals surface area contributed by atoms with E-state index in [2.05, 4.69) is 4.72 Å². The normalized spacial score (nSPS) is 12.8. The van der Waals surface area contributed by atoms with Crippen LogP contribution in [0.3, 0.4) is 0 Å². The average molecular weight is 427 g/mol. The molecule has 26 heavy (non-hydrogen) atoms. The zero-order chi connectivity index (χ0) is 18.6. The molecule has 0 saturated heterocycles. The summed E-state index contributed by atoms with van der Waals surface area (Å²) < 4.78 is 27.5. The zero-order valence-corrected chi connectivity index (χ0v) is 17.3. The van der Waals surface area contributed by atoms with Crippen LogP contribution < -0.4 is 4.72 Å². The van der Waals surface area contributed by atoms with E-state index in [1.165, 1.54) is 6.07 Å². The van der Waals surface area contributed by atoms with Crippen molar-refractivity contribution < 1.29 is 13.2 Å². The Morgan fingerprint density at radius 3 is 2.00 bits per heavy atom. The van der Waals surface area contributed by atoms with Crippen LogP contribution in [0.5, 0.6) is 0 Å². The van der Waals surface area contributed by atoms with Crippen LogP contribution in [0.2, 0.25) is 0 Å². The molecule has 1 amide bonds. The molecule has 0 saturated carbocycles. The molecule has 0 radical (unpaired) electrons. The maximum absolute atomic E-state index is 13.0. The van der Waals surface area contributed by atoms with E-state index in [0.717, 1.165) is 21.1 Å². The monoisotopic (exact) mass is 426 g/mol. The number of carbonyl (C=O) groups is 1. The SMILES string of the molecule is CC(NS(=O)(=O)c1cccs1)C(=O)N(Cc1cccs1)Cc1cccs1. The van der Waals surface area contributed by atoms with E-state index in [4.69, 9.17) is 0 Å². The van der Waals surface area contributed by atoms with Gasteiger partial charge in [0.25, 0.3) is 10.0 Å². The Hall–Kier alpha value is -1.52. The van der Waals surface area contributed by atoms with Crippen molar-refractivity contribution in [2.24, 2.45) is 0 Å². The molecular formula is C17H18N2O3S4. The predicted octanol–water partition coefficient (Wildman–Crippen LogP) is 3.77. The molecule has 0 spiro atoms. The fourth-order valence-electron chi connectivity index (χ4n) is 2.42. The van der Waals surface area contributed by atoms with Gasteiger partial charge in [0.2, 0.25) is 5.91 Å². The zero-order valence-electron chi connectivity index (χ0n) is 14.0. The van der Waals surface area contributed by atoms with Crippen LogP contribution in [0.1, 0.15) is 16.7 Å². The van der Waals surface area contributed by atoms with Gasteiger partial charge in [0.1, 0.15) is 4.21 Å². The third kappa shape index (κ3) is 4.80. The van der Waals surface area contributed by atoms with Gasteiger partial charge in [-0.05, 0) is 41.3 Å². The summed E-state index contributed by atoms with van der Waals surface area (Å²) in [6.45, 7) is 2.50. The molecular weight excluding hydrogens is 408 g/mol. The quantitative estimate of drug-likeness (QED) is 0.596. The minimum Gasteiger partial charge on any atom is -0.331 e. The molecule has 3 aromatic rings. The Morgan fingerprint density at radius 1 is 1.00 bits per heavy atom. The molecule has 0 aliphatic heterocycles. The lowest BCUT2D eigenvalue weighted by molar-refractivity contribution is -0.133. The molecule has 0 aliphatic carbocycles. The van der Waals surface area contributed by atoms with Gasteiger partial charge in [-0.1, -0.05) is 18.2 Å². The summed E-state index contributed by atoms with van der Waals surface area (Å²) >= 11 is 4.28. The number of hydrogen-bond donors (Lipinski definition) is 1. The van der Waals surface area contributed by atoms with Crippen LogP contribution in [0.4, 0.5) is 0 Å². The summed E-state index contributed by atoms with van der Waals surface area (Å²) in [7, 11) is -3.69. The van der Waals surface area contributed by atoms with Crippen molar-refractivity contribution in [3.05, 3.63) is 62.3 Å². The molecule has 3 aromatic heterocycles. The average Bonchev–Trinajstić information content (AvgIpc) is 3.35. The lowest BCUT2D eigenvalue weighted by Gasteiger charge is -2.25. The molecule has 1 atom stereocenters. The van der Waals surface area contributed by atoms with Gasteiger partial charge in [-0.15, -0.1) is 34.0 Å². The number of nitrogens with one attached hydrogen (secondary N) is 1. The topological polar surface area (TPSA) is 66.5 Å². The Labute approximate surface area is 165 Å². The molecule has 3 rings (SSSR count). The van der Waals surface area contributed by atoms with Crippen molar-refractivity contribution in [3.8, 4) is 0 Å². The first-order chi connectivity index (χ1) is 12.5. The molecule has 0 aliphatic rings. The van der Waals surface area contributed by atoms with Crippen LogP contribution in [0, 0.1) is 0 Å². The number of hydrogen-bond acceptors (Lipinski definition) is 6. The highest BCUT2D eigenvalue weighted by Crippen LogP contribution is 2.19. The molecule has 1 unspecified atom stereocenters. The van der Waals surface area contributed by atoms with Crippen molar-refractivity contribution in [1.82, 2.24) is 9.62 Å². The number of sulfonamides is 1. The van der Waals surface area contributed by atoms with E-state index in [0.29, 0.717) is 13.1 Å². The summed E-state index contributed by atoms with van der Waals surface area (Å²) in [5, 5.41) is 5.62. The number of carbonyl (C=O) groups excluding carboxylic acids is 1. The molecule has 1 N–H and O–H groups in total. The van der Waals surface area contributed by atoms with Gasteiger partial charge < -0.3 is 4.90 Å². The largest absolute Gasteiger partial charge is 0.331 e. The number of thiophene rings is 3. The van der Waals surface area contributed by atoms with Crippen LogP contribution in [-0.2, 0) is 27.9 Å². The van der Waals surface area contributed by atoms with Crippen LogP contribution in [0.25, 0.3) is 0 Å². The van der Waals surface area contributed by atoms with E-state index in [-0.39, 0.29) is 10.1 Å². The van der Waals surface area contributed by atoms with E-state index >= 15 is 0 Å². The van der Waals surface area contributed by atoms with E-state index in [1.54, 1.807) is 45.9 Å². The minimum atomic E-state index is -3.69. The standard InChI is InChI=1S/C17H18N2O3S4/c1-13(18-26(21,22)16-7-4-10-25-16)17(20)19(11-14-5-2-8-23-14)12-15-6-3-9-24-15/h2-10,13,18H,11-12H2,1H3. The third-order valence-corrected chi connectivity index (χ3v) is 8.29. The Morgan fingerprint density at radius 2 is 1.54 bits per heavy atom. The first-order valence-electron chi connectivity index (χ1n) is 7.85. The van der Waals surface area contributed by atoms with Crippen molar-refractivity contribution in [2.45, 2.75) is 30.3 Å². The van der Waals surface area contributed by atoms with Gasteiger partial charge in [0.15, 0.2) is 0 Å². The Balaban J connectivity index is 1.75. The lowest BCUT2D eigenvalue weighted by atomic mass is 10.2. The summed E-state index contributed by atoms with van der Waals surface area (Å²) in [6.07, 6.45) is 0. The van der Waals surface area contributed by atoms with Gasteiger partial charge >= 0.3 is 0 Å². The highest BCUT2D eigenvalue weighted by molar-refractivity contribution is 7.91. The molecule has 138 valence electrons. The summed E-state index contributed by atoms with van der Waals surface area (Å²) in [4.78, 5) is 16.8. The van der Waals surface area contributed by atoms with Crippen LogP contribution in [0.15, 0.2) is 56.7 Å². The second kappa shape index (κ2) is 8.45. The maximum Gasteiger partial charge on any atom is 0.250 e. The van der Waals surface area contributed by atoms with Gasteiger partial charge in [0.05, 0.1) is 19.1 Å². The Kier molecular flexibility index (Phi) is 6.25. The first-order valence-corrected chi connectivity index (χ1v) is 12.0. The van der Waals surface area contributed by atoms with Crippen molar-refractivity contribution >= 4 is 49.9 Å². The number of rotatable bonds is 8. The fraction of sp³-hybridized carbons (Fsp3) is 0.235. The molecule has 3 heterocycles. The van der Waals surface area contributed by atoms with Crippen molar-refractivity contribution in [2.75, 3.05) is 0 Å². The number of nitrogens with zero attached hydrogens (tertiary/aromatic N) is 1. The molecule has 0 bridgehead atoms. The number of amides is 1. The molecule has 5 nitrogen and oxygen atoms in total. The summed E-state index contributed by atoms with van der Waals surface area (Å²) in [5.74, 6) is -0.244. The third-order valence-electron chi connectivity index (χ3n) is 3.63. The van der Waals surface area contributed by atoms with E-state index < -0.39 is 16.1 Å². The smallest absolute Gasteiger partial charge is 0.250 e. The lowest BCUT2D eigenvalue weighted by Crippen LogP contribution is -2.46. The maximum atomic E-state index is 13.0. The summed E-state index contributed by atoms with van der Waals surface area (Å²) in [5.41, 5.74) is 0. The molecule has 0 aromatic carbocycles. The second-order valence-electron chi connectivity index (χ2n) is 5.63. The van der Waals surface area contributed by atoms with Crippen LogP contribution >= 0.6 is 34.0 Å². The predicted molar refractivity (Wildman–Crippen MR) is 107 cm³/mol. The van der Waals surface area contributed by atoms with E-state index in [9.17, 15) is 13.2 Å². The van der Waals surface area contributed by atoms with E-state index in [1.807, 2.05) is 35.0 Å².